The summed E-state index contributed by atoms with van der Waals surface area (Å²) in [5.41, 5.74) is 0.804. The largest absolute Gasteiger partial charge is 0.443 e. The monoisotopic (exact) mass is 298 g/mol. The van der Waals surface area contributed by atoms with E-state index < -0.39 is 28.0 Å². The second kappa shape index (κ2) is 7.04. The number of rotatable bonds is 4. The first kappa shape index (κ1) is 16.2. The number of hydrogen-bond donors (Lipinski definition) is 1. The molecule has 0 saturated carbocycles. The highest BCUT2D eigenvalue weighted by Crippen LogP contribution is 2.16. The molecule has 7 heteroatoms. The first-order valence-corrected chi connectivity index (χ1v) is 7.83. The Kier molecular flexibility index (Phi) is 5.69. The number of nitrogens with one attached hydrogen (secondary N) is 1. The summed E-state index contributed by atoms with van der Waals surface area (Å²) in [6, 6.07) is 9.11. The van der Waals surface area contributed by atoms with Crippen molar-refractivity contribution in [2.24, 2.45) is 4.36 Å². The first-order chi connectivity index (χ1) is 9.36. The molecule has 2 atom stereocenters. The van der Waals surface area contributed by atoms with E-state index in [0.717, 1.165) is 5.56 Å². The molecule has 1 N–H and O–H groups in total. The summed E-state index contributed by atoms with van der Waals surface area (Å²) in [5.74, 6) is -0.481. The van der Waals surface area contributed by atoms with Gasteiger partial charge in [-0.15, -0.1) is 4.36 Å². The Balaban J connectivity index is 2.81. The Hall–Kier alpha value is -1.89. The van der Waals surface area contributed by atoms with Crippen LogP contribution in [0.5, 0.6) is 0 Å². The molecule has 0 aromatic heterocycles. The maximum Gasteiger partial charge on any atom is 0.443 e. The van der Waals surface area contributed by atoms with Crippen LogP contribution in [0.1, 0.15) is 32.4 Å². The first-order valence-electron chi connectivity index (χ1n) is 6.15. The average molecular weight is 298 g/mol. The third kappa shape index (κ3) is 5.00. The summed E-state index contributed by atoms with van der Waals surface area (Å²) >= 11 is 0. The zero-order chi connectivity index (χ0) is 15.2. The van der Waals surface area contributed by atoms with Gasteiger partial charge in [0.1, 0.15) is 16.0 Å². The smallest absolute Gasteiger partial charge is 0.440 e. The molecule has 2 amide bonds. The van der Waals surface area contributed by atoms with E-state index in [-0.39, 0.29) is 5.75 Å². The molecule has 110 valence electrons. The van der Waals surface area contributed by atoms with Gasteiger partial charge in [-0.3, -0.25) is 9.52 Å². The minimum Gasteiger partial charge on any atom is -0.440 e. The Labute approximate surface area is 118 Å². The van der Waals surface area contributed by atoms with Gasteiger partial charge in [0.2, 0.25) is 5.91 Å². The summed E-state index contributed by atoms with van der Waals surface area (Å²) in [6.07, 6.45) is -1.47. The van der Waals surface area contributed by atoms with Crippen molar-refractivity contribution in [3.05, 3.63) is 35.9 Å². The van der Waals surface area contributed by atoms with Crippen molar-refractivity contribution in [2.75, 3.05) is 5.75 Å². The fourth-order valence-electron chi connectivity index (χ4n) is 1.47. The average Bonchev–Trinajstić information content (AvgIpc) is 2.38. The van der Waals surface area contributed by atoms with E-state index >= 15 is 0 Å². The van der Waals surface area contributed by atoms with Crippen molar-refractivity contribution in [3.8, 4) is 0 Å². The SMILES string of the molecule is CCS(=O)(=NC(=O)O[C@@H](C)c1ccccc1)NC(C)=O. The van der Waals surface area contributed by atoms with Crippen LogP contribution in [0.3, 0.4) is 0 Å². The summed E-state index contributed by atoms with van der Waals surface area (Å²) in [7, 11) is -3.10. The summed E-state index contributed by atoms with van der Waals surface area (Å²) < 4.78 is 22.8. The van der Waals surface area contributed by atoms with Gasteiger partial charge in [-0.25, -0.2) is 9.00 Å². The minimum absolute atomic E-state index is 0.0292. The van der Waals surface area contributed by atoms with E-state index in [9.17, 15) is 13.8 Å². The zero-order valence-electron chi connectivity index (χ0n) is 11.7. The van der Waals surface area contributed by atoms with Crippen molar-refractivity contribution in [3.63, 3.8) is 0 Å². The molecule has 0 heterocycles. The van der Waals surface area contributed by atoms with E-state index in [1.807, 2.05) is 30.3 Å². The highest BCUT2D eigenvalue weighted by atomic mass is 32.2. The topological polar surface area (TPSA) is 84.8 Å². The van der Waals surface area contributed by atoms with Gasteiger partial charge in [0, 0.05) is 12.7 Å². The van der Waals surface area contributed by atoms with Gasteiger partial charge in [0.15, 0.2) is 0 Å². The lowest BCUT2D eigenvalue weighted by Gasteiger charge is -2.12. The van der Waals surface area contributed by atoms with Gasteiger partial charge in [-0.2, -0.15) is 0 Å². The molecule has 6 nitrogen and oxygen atoms in total. The van der Waals surface area contributed by atoms with E-state index in [0.29, 0.717) is 0 Å². The van der Waals surface area contributed by atoms with Crippen molar-refractivity contribution in [1.29, 1.82) is 0 Å². The molecule has 0 radical (unpaired) electrons. The molecule has 0 bridgehead atoms. The van der Waals surface area contributed by atoms with Crippen LogP contribution >= 0.6 is 0 Å². The second-order valence-electron chi connectivity index (χ2n) is 4.12. The predicted octanol–water partition coefficient (Wildman–Crippen LogP) is 2.42. The second-order valence-corrected chi connectivity index (χ2v) is 6.36. The van der Waals surface area contributed by atoms with Gasteiger partial charge < -0.3 is 4.74 Å². The van der Waals surface area contributed by atoms with E-state index in [2.05, 4.69) is 9.08 Å². The molecule has 0 saturated heterocycles. The predicted molar refractivity (Wildman–Crippen MR) is 76.3 cm³/mol. The molecule has 1 aromatic carbocycles. The van der Waals surface area contributed by atoms with Gasteiger partial charge in [-0.05, 0) is 12.5 Å². The van der Waals surface area contributed by atoms with Crippen LogP contribution in [-0.4, -0.2) is 22.0 Å². The molecule has 1 aromatic rings. The number of nitrogens with zero attached hydrogens (tertiary/aromatic N) is 1. The zero-order valence-corrected chi connectivity index (χ0v) is 12.5. The number of carbonyl (C=O) groups excluding carboxylic acids is 2. The van der Waals surface area contributed by atoms with Gasteiger partial charge >= 0.3 is 6.09 Å². The molecule has 20 heavy (non-hydrogen) atoms. The fraction of sp³-hybridized carbons (Fsp3) is 0.385. The third-order valence-electron chi connectivity index (χ3n) is 2.46. The summed E-state index contributed by atoms with van der Waals surface area (Å²) in [5, 5.41) is 0. The Bertz CT molecular complexity index is 592. The summed E-state index contributed by atoms with van der Waals surface area (Å²) in [6.45, 7) is 4.47. The number of benzene rings is 1. The quantitative estimate of drug-likeness (QED) is 0.925. The van der Waals surface area contributed by atoms with Gasteiger partial charge in [0.25, 0.3) is 0 Å². The number of ether oxygens (including phenoxy) is 1. The molecule has 0 aliphatic heterocycles. The standard InChI is InChI=1S/C13H18N2O4S/c1-4-20(18,14-11(3)16)15-13(17)19-10(2)12-8-6-5-7-9-12/h5-10H,4H2,1-3H3,(H,14,15,16,17,18)/t10-,20?/m0/s1. The van der Waals surface area contributed by atoms with E-state index in [4.69, 9.17) is 4.74 Å². The number of hydrogen-bond acceptors (Lipinski definition) is 4. The fourth-order valence-corrected chi connectivity index (χ4v) is 2.52. The minimum atomic E-state index is -3.10. The lowest BCUT2D eigenvalue weighted by atomic mass is 10.1. The van der Waals surface area contributed by atoms with Crippen molar-refractivity contribution in [1.82, 2.24) is 4.72 Å². The molecule has 0 fully saturated rings. The summed E-state index contributed by atoms with van der Waals surface area (Å²) in [4.78, 5) is 22.6. The van der Waals surface area contributed by atoms with Gasteiger partial charge in [0.05, 0.1) is 0 Å². The van der Waals surface area contributed by atoms with E-state index in [1.54, 1.807) is 13.8 Å². The normalized spacial score (nSPS) is 14.8. The lowest BCUT2D eigenvalue weighted by Crippen LogP contribution is -2.30. The molecule has 0 aliphatic carbocycles. The third-order valence-corrected chi connectivity index (χ3v) is 4.30. The molecule has 0 spiro atoms. The highest BCUT2D eigenvalue weighted by molar-refractivity contribution is 7.92. The molecular weight excluding hydrogens is 280 g/mol. The Morgan fingerprint density at radius 2 is 1.95 bits per heavy atom. The maximum absolute atomic E-state index is 12.1. The van der Waals surface area contributed by atoms with Crippen molar-refractivity contribution < 1.29 is 18.5 Å². The molecule has 0 aliphatic rings. The number of carbonyl (C=O) groups is 2. The lowest BCUT2D eigenvalue weighted by molar-refractivity contribution is -0.117. The van der Waals surface area contributed by atoms with E-state index in [1.165, 1.54) is 6.92 Å². The Morgan fingerprint density at radius 3 is 2.45 bits per heavy atom. The van der Waals surface area contributed by atoms with Crippen LogP contribution in [0.25, 0.3) is 0 Å². The molecule has 1 unspecified atom stereocenters. The molecular formula is C13H18N2O4S. The van der Waals surface area contributed by atoms with Crippen LogP contribution in [0, 0.1) is 0 Å². The number of amides is 2. The van der Waals surface area contributed by atoms with Crippen LogP contribution in [0.4, 0.5) is 4.79 Å². The van der Waals surface area contributed by atoms with Crippen LogP contribution < -0.4 is 4.72 Å². The highest BCUT2D eigenvalue weighted by Gasteiger charge is 2.15. The van der Waals surface area contributed by atoms with Crippen LogP contribution in [0.2, 0.25) is 0 Å². The van der Waals surface area contributed by atoms with Crippen molar-refractivity contribution in [2.45, 2.75) is 26.9 Å². The Morgan fingerprint density at radius 1 is 1.35 bits per heavy atom. The van der Waals surface area contributed by atoms with Crippen LogP contribution in [0.15, 0.2) is 34.7 Å². The van der Waals surface area contributed by atoms with Gasteiger partial charge in [-0.1, -0.05) is 37.3 Å². The molecule has 1 rings (SSSR count). The maximum atomic E-state index is 12.1. The van der Waals surface area contributed by atoms with Crippen LogP contribution in [-0.2, 0) is 19.4 Å². The van der Waals surface area contributed by atoms with Crippen molar-refractivity contribution >= 4 is 21.9 Å².